The van der Waals surface area contributed by atoms with Crippen LogP contribution in [0.2, 0.25) is 0 Å². The number of aromatic nitrogens is 1. The summed E-state index contributed by atoms with van der Waals surface area (Å²) in [6.07, 6.45) is 7.63. The van der Waals surface area contributed by atoms with E-state index in [2.05, 4.69) is 15.2 Å². The molecule has 2 unspecified atom stereocenters. The number of hydrogen-bond donors (Lipinski definition) is 2. The summed E-state index contributed by atoms with van der Waals surface area (Å²) in [5.41, 5.74) is 2.13. The zero-order chi connectivity index (χ0) is 21.1. The number of anilines is 1. The van der Waals surface area contributed by atoms with Gasteiger partial charge in [-0.15, -0.1) is 0 Å². The molecule has 5 nitrogen and oxygen atoms in total. The maximum Gasteiger partial charge on any atom is 0.252 e. The van der Waals surface area contributed by atoms with Gasteiger partial charge in [0, 0.05) is 37.8 Å². The molecular formula is C24H30FN3O2. The quantitative estimate of drug-likeness (QED) is 0.722. The van der Waals surface area contributed by atoms with Crippen molar-refractivity contribution in [3.8, 4) is 11.1 Å². The second-order valence-corrected chi connectivity index (χ2v) is 8.75. The van der Waals surface area contributed by atoms with Gasteiger partial charge in [0.05, 0.1) is 11.7 Å². The van der Waals surface area contributed by atoms with Gasteiger partial charge in [0.2, 0.25) is 0 Å². The van der Waals surface area contributed by atoms with Gasteiger partial charge < -0.3 is 15.3 Å². The van der Waals surface area contributed by atoms with Crippen molar-refractivity contribution < 1.29 is 14.3 Å². The van der Waals surface area contributed by atoms with Crippen LogP contribution in [0.15, 0.2) is 36.5 Å². The number of hydrogen-bond acceptors (Lipinski definition) is 4. The van der Waals surface area contributed by atoms with E-state index in [1.165, 1.54) is 25.0 Å². The Morgan fingerprint density at radius 1 is 1.20 bits per heavy atom. The van der Waals surface area contributed by atoms with Crippen molar-refractivity contribution in [2.75, 3.05) is 25.0 Å². The topological polar surface area (TPSA) is 65.5 Å². The molecule has 2 saturated carbocycles. The second kappa shape index (κ2) is 9.13. The smallest absolute Gasteiger partial charge is 0.252 e. The number of carbonyl (C=O) groups excluding carboxylic acids is 1. The number of pyridine rings is 1. The first-order chi connectivity index (χ1) is 14.5. The van der Waals surface area contributed by atoms with Gasteiger partial charge in [-0.25, -0.2) is 9.37 Å². The summed E-state index contributed by atoms with van der Waals surface area (Å²) in [6.45, 7) is 1.39. The van der Waals surface area contributed by atoms with Crippen LogP contribution in [0, 0.1) is 17.7 Å². The van der Waals surface area contributed by atoms with Crippen LogP contribution in [0.5, 0.6) is 0 Å². The molecule has 160 valence electrons. The minimum atomic E-state index is -0.342. The molecule has 6 heteroatoms. The zero-order valence-corrected chi connectivity index (χ0v) is 17.5. The van der Waals surface area contributed by atoms with Gasteiger partial charge in [0.1, 0.15) is 11.6 Å². The lowest BCUT2D eigenvalue weighted by Crippen LogP contribution is -2.36. The number of nitrogens with zero attached hydrogens (tertiary/aromatic N) is 2. The van der Waals surface area contributed by atoms with Crippen LogP contribution in [0.1, 0.15) is 48.9 Å². The Morgan fingerprint density at radius 2 is 1.93 bits per heavy atom. The average molecular weight is 412 g/mol. The first-order valence-electron chi connectivity index (χ1n) is 10.9. The van der Waals surface area contributed by atoms with Crippen LogP contribution < -0.4 is 10.2 Å². The summed E-state index contributed by atoms with van der Waals surface area (Å²) in [5, 5.41) is 13.1. The molecule has 2 aromatic rings. The molecule has 2 atom stereocenters. The number of carbonyl (C=O) groups is 1. The molecule has 0 radical (unpaired) electrons. The number of aliphatic hydroxyl groups excluding tert-OH is 1. The molecule has 2 N–H and O–H groups in total. The highest BCUT2D eigenvalue weighted by molar-refractivity contribution is 5.96. The van der Waals surface area contributed by atoms with Crippen LogP contribution >= 0.6 is 0 Å². The Labute approximate surface area is 177 Å². The van der Waals surface area contributed by atoms with Gasteiger partial charge in [-0.3, -0.25) is 4.79 Å². The van der Waals surface area contributed by atoms with Crippen molar-refractivity contribution in [2.24, 2.45) is 11.8 Å². The van der Waals surface area contributed by atoms with Crippen LogP contribution in [0.4, 0.5) is 10.2 Å². The summed E-state index contributed by atoms with van der Waals surface area (Å²) in [4.78, 5) is 19.5. The Morgan fingerprint density at radius 3 is 2.63 bits per heavy atom. The van der Waals surface area contributed by atoms with Crippen LogP contribution in [-0.4, -0.2) is 42.2 Å². The van der Waals surface area contributed by atoms with Gasteiger partial charge in [-0.2, -0.15) is 0 Å². The van der Waals surface area contributed by atoms with Gasteiger partial charge in [-0.1, -0.05) is 25.0 Å². The Kier molecular flexibility index (Phi) is 6.32. The predicted molar refractivity (Wildman–Crippen MR) is 116 cm³/mol. The molecule has 0 bridgehead atoms. The summed E-state index contributed by atoms with van der Waals surface area (Å²) >= 11 is 0. The second-order valence-electron chi connectivity index (χ2n) is 8.75. The van der Waals surface area contributed by atoms with Crippen molar-refractivity contribution in [1.82, 2.24) is 10.3 Å². The lowest BCUT2D eigenvalue weighted by Gasteiger charge is -2.27. The van der Waals surface area contributed by atoms with E-state index >= 15 is 0 Å². The summed E-state index contributed by atoms with van der Waals surface area (Å²) in [5.74, 6) is 1.12. The minimum Gasteiger partial charge on any atom is -0.393 e. The Bertz CT molecular complexity index is 883. The van der Waals surface area contributed by atoms with Crippen LogP contribution in [0.25, 0.3) is 11.1 Å². The van der Waals surface area contributed by atoms with E-state index in [0.717, 1.165) is 49.2 Å². The Balaban J connectivity index is 1.55. The highest BCUT2D eigenvalue weighted by atomic mass is 19.1. The van der Waals surface area contributed by atoms with Crippen LogP contribution in [0.3, 0.4) is 0 Å². The molecule has 0 aliphatic heterocycles. The third kappa shape index (κ3) is 4.98. The summed E-state index contributed by atoms with van der Waals surface area (Å²) < 4.78 is 13.4. The van der Waals surface area contributed by atoms with E-state index in [1.54, 1.807) is 18.3 Å². The maximum atomic E-state index is 13.4. The monoisotopic (exact) mass is 411 g/mol. The molecule has 1 amide bonds. The third-order valence-electron chi connectivity index (χ3n) is 6.27. The summed E-state index contributed by atoms with van der Waals surface area (Å²) in [6, 6.07) is 8.14. The predicted octanol–water partition coefficient (Wildman–Crippen LogP) is 4.01. The number of nitrogens with one attached hydrogen (secondary N) is 1. The molecule has 0 saturated heterocycles. The van der Waals surface area contributed by atoms with E-state index < -0.39 is 0 Å². The fourth-order valence-corrected chi connectivity index (χ4v) is 4.25. The largest absolute Gasteiger partial charge is 0.393 e. The van der Waals surface area contributed by atoms with Crippen molar-refractivity contribution in [3.05, 3.63) is 47.9 Å². The van der Waals surface area contributed by atoms with E-state index in [9.17, 15) is 14.3 Å². The summed E-state index contributed by atoms with van der Waals surface area (Å²) in [7, 11) is 2.01. The lowest BCUT2D eigenvalue weighted by atomic mass is 9.86. The number of amides is 1. The van der Waals surface area contributed by atoms with Gasteiger partial charge in [0.15, 0.2) is 0 Å². The van der Waals surface area contributed by atoms with E-state index in [-0.39, 0.29) is 23.7 Å². The minimum absolute atomic E-state index is 0.108. The molecule has 2 aliphatic carbocycles. The van der Waals surface area contributed by atoms with E-state index in [4.69, 9.17) is 0 Å². The van der Waals surface area contributed by atoms with Crippen molar-refractivity contribution >= 4 is 11.7 Å². The number of halogens is 1. The molecular weight excluding hydrogens is 381 g/mol. The maximum absolute atomic E-state index is 13.4. The number of rotatable bonds is 7. The van der Waals surface area contributed by atoms with Gasteiger partial charge in [0.25, 0.3) is 5.91 Å². The highest BCUT2D eigenvalue weighted by Gasteiger charge is 2.26. The van der Waals surface area contributed by atoms with E-state index in [0.29, 0.717) is 18.0 Å². The Hall–Kier alpha value is -2.47. The van der Waals surface area contributed by atoms with E-state index in [1.807, 2.05) is 13.1 Å². The zero-order valence-electron chi connectivity index (χ0n) is 17.5. The fourth-order valence-electron chi connectivity index (χ4n) is 4.25. The standard InChI is InChI=1S/C24H30FN3O2/c1-28(15-16-6-7-16)23-21(17-8-10-20(25)11-9-17)12-19(14-26-23)24(30)27-13-18-4-2-3-5-22(18)29/h8-12,14,16,18,22,29H,2-7,13,15H2,1H3,(H,27,30). The SMILES string of the molecule is CN(CC1CC1)c1ncc(C(=O)NCC2CCCCC2O)cc1-c1ccc(F)cc1. The van der Waals surface area contributed by atoms with Gasteiger partial charge >= 0.3 is 0 Å². The number of aliphatic hydroxyl groups is 1. The molecule has 0 spiro atoms. The molecule has 2 aliphatic rings. The molecule has 4 rings (SSSR count). The lowest BCUT2D eigenvalue weighted by molar-refractivity contribution is 0.0663. The normalized spacial score (nSPS) is 21.3. The molecule has 1 aromatic heterocycles. The first kappa shape index (κ1) is 20.8. The molecule has 1 heterocycles. The first-order valence-corrected chi connectivity index (χ1v) is 10.9. The van der Waals surface area contributed by atoms with Crippen molar-refractivity contribution in [2.45, 2.75) is 44.6 Å². The highest BCUT2D eigenvalue weighted by Crippen LogP contribution is 2.34. The number of benzene rings is 1. The van der Waals surface area contributed by atoms with Crippen molar-refractivity contribution in [1.29, 1.82) is 0 Å². The van der Waals surface area contributed by atoms with Gasteiger partial charge in [-0.05, 0) is 55.4 Å². The van der Waals surface area contributed by atoms with Crippen LogP contribution in [-0.2, 0) is 0 Å². The average Bonchev–Trinajstić information content (AvgIpc) is 3.57. The fraction of sp³-hybridized carbons (Fsp3) is 0.500. The molecule has 1 aromatic carbocycles. The van der Waals surface area contributed by atoms with Crippen molar-refractivity contribution in [3.63, 3.8) is 0 Å². The third-order valence-corrected chi connectivity index (χ3v) is 6.27. The molecule has 2 fully saturated rings. The molecule has 30 heavy (non-hydrogen) atoms.